The van der Waals surface area contributed by atoms with E-state index < -0.39 is 0 Å². The number of aryl methyl sites for hydroxylation is 1. The molecule has 0 spiro atoms. The Morgan fingerprint density at radius 2 is 2.00 bits per heavy atom. The van der Waals surface area contributed by atoms with Crippen LogP contribution in [0.25, 0.3) is 10.8 Å². The first-order valence-corrected chi connectivity index (χ1v) is 5.85. The van der Waals surface area contributed by atoms with Crippen LogP contribution >= 0.6 is 0 Å². The van der Waals surface area contributed by atoms with Crippen LogP contribution in [-0.2, 0) is 6.42 Å². The summed E-state index contributed by atoms with van der Waals surface area (Å²) in [6, 6.07) is 6.44. The minimum Gasteiger partial charge on any atom is -0.471 e. The fourth-order valence-corrected chi connectivity index (χ4v) is 2.01. The second-order valence-corrected chi connectivity index (χ2v) is 4.10. The molecule has 1 aromatic heterocycles. The highest BCUT2D eigenvalue weighted by Gasteiger charge is 2.01. The molecule has 0 saturated carbocycles. The highest BCUT2D eigenvalue weighted by molar-refractivity contribution is 5.84. The lowest BCUT2D eigenvalue weighted by atomic mass is 10.0. The van der Waals surface area contributed by atoms with Gasteiger partial charge in [-0.05, 0) is 18.4 Å². The zero-order valence-electron chi connectivity index (χ0n) is 9.33. The van der Waals surface area contributed by atoms with Crippen LogP contribution in [0.4, 0.5) is 0 Å². The molecule has 1 heterocycles. The summed E-state index contributed by atoms with van der Waals surface area (Å²) in [4.78, 5) is 0. The van der Waals surface area contributed by atoms with Crippen LogP contribution in [0.3, 0.4) is 0 Å². The van der Waals surface area contributed by atoms with E-state index in [-0.39, 0.29) is 0 Å². The van der Waals surface area contributed by atoms with E-state index in [1.807, 2.05) is 12.5 Å². The van der Waals surface area contributed by atoms with E-state index in [4.69, 9.17) is 4.42 Å². The summed E-state index contributed by atoms with van der Waals surface area (Å²) in [5.41, 5.74) is 1.43. The lowest BCUT2D eigenvalue weighted by Crippen LogP contribution is -1.86. The van der Waals surface area contributed by atoms with Crippen molar-refractivity contribution >= 4 is 10.8 Å². The maximum atomic E-state index is 5.23. The molecule has 2 aromatic rings. The van der Waals surface area contributed by atoms with E-state index in [1.54, 1.807) is 0 Å². The first-order chi connectivity index (χ1) is 7.42. The Hall–Kier alpha value is -1.24. The van der Waals surface area contributed by atoms with Crippen LogP contribution in [0.2, 0.25) is 0 Å². The maximum Gasteiger partial charge on any atom is 0.0984 e. The Labute approximate surface area is 91.1 Å². The van der Waals surface area contributed by atoms with Gasteiger partial charge in [-0.3, -0.25) is 0 Å². The Morgan fingerprint density at radius 3 is 2.87 bits per heavy atom. The first-order valence-electron chi connectivity index (χ1n) is 5.85. The number of furan rings is 1. The van der Waals surface area contributed by atoms with Crippen molar-refractivity contribution in [2.75, 3.05) is 0 Å². The largest absolute Gasteiger partial charge is 0.471 e. The molecule has 0 aliphatic rings. The molecule has 0 bridgehead atoms. The molecular formula is C14H18O. The third-order valence-corrected chi connectivity index (χ3v) is 2.91. The van der Waals surface area contributed by atoms with Crippen molar-refractivity contribution in [1.82, 2.24) is 0 Å². The van der Waals surface area contributed by atoms with Crippen LogP contribution < -0.4 is 0 Å². The zero-order valence-corrected chi connectivity index (χ0v) is 9.33. The van der Waals surface area contributed by atoms with Crippen molar-refractivity contribution in [2.45, 2.75) is 39.0 Å². The summed E-state index contributed by atoms with van der Waals surface area (Å²) in [5, 5.41) is 2.51. The summed E-state index contributed by atoms with van der Waals surface area (Å²) >= 11 is 0. The lowest BCUT2D eigenvalue weighted by Gasteiger charge is -2.02. The molecule has 0 radical (unpaired) electrons. The molecule has 1 aromatic carbocycles. The van der Waals surface area contributed by atoms with E-state index in [9.17, 15) is 0 Å². The predicted octanol–water partition coefficient (Wildman–Crippen LogP) is 4.56. The van der Waals surface area contributed by atoms with Gasteiger partial charge in [-0.2, -0.15) is 0 Å². The zero-order chi connectivity index (χ0) is 10.5. The van der Waals surface area contributed by atoms with Crippen LogP contribution in [0.1, 0.15) is 38.2 Å². The average molecular weight is 202 g/mol. The molecule has 1 nitrogen and oxygen atoms in total. The van der Waals surface area contributed by atoms with Gasteiger partial charge in [-0.25, -0.2) is 0 Å². The Bertz CT molecular complexity index is 414. The van der Waals surface area contributed by atoms with E-state index in [0.717, 1.165) is 0 Å². The molecule has 1 heteroatoms. The van der Waals surface area contributed by atoms with Crippen LogP contribution in [-0.4, -0.2) is 0 Å². The standard InChI is InChI=1S/C14H18O/c1-2-3-4-5-7-12-8-6-9-13-10-15-11-14(12)13/h6,8-11H,2-5,7H2,1H3. The first kappa shape index (κ1) is 10.3. The number of hydrogen-bond donors (Lipinski definition) is 0. The molecule has 0 fully saturated rings. The predicted molar refractivity (Wildman–Crippen MR) is 64.1 cm³/mol. The second kappa shape index (κ2) is 5.01. The van der Waals surface area contributed by atoms with Gasteiger partial charge in [0, 0.05) is 10.8 Å². The van der Waals surface area contributed by atoms with Gasteiger partial charge >= 0.3 is 0 Å². The summed E-state index contributed by atoms with van der Waals surface area (Å²) in [5.74, 6) is 0. The molecule has 0 N–H and O–H groups in total. The van der Waals surface area contributed by atoms with E-state index in [0.29, 0.717) is 0 Å². The van der Waals surface area contributed by atoms with Gasteiger partial charge in [0.05, 0.1) is 12.5 Å². The molecule has 2 rings (SSSR count). The van der Waals surface area contributed by atoms with Crippen molar-refractivity contribution in [3.05, 3.63) is 36.3 Å². The molecule has 0 amide bonds. The number of rotatable bonds is 5. The summed E-state index contributed by atoms with van der Waals surface area (Å²) in [6.07, 6.45) is 10.1. The van der Waals surface area contributed by atoms with Gasteiger partial charge < -0.3 is 4.42 Å². The second-order valence-electron chi connectivity index (χ2n) is 4.10. The number of hydrogen-bond acceptors (Lipinski definition) is 1. The van der Waals surface area contributed by atoms with Crippen molar-refractivity contribution < 1.29 is 4.42 Å². The molecule has 0 atom stereocenters. The maximum absolute atomic E-state index is 5.23. The average Bonchev–Trinajstić information content (AvgIpc) is 2.73. The van der Waals surface area contributed by atoms with E-state index in [2.05, 4.69) is 25.1 Å². The molecule has 80 valence electrons. The summed E-state index contributed by atoms with van der Waals surface area (Å²) < 4.78 is 5.23. The molecule has 0 unspecified atom stereocenters. The molecule has 0 aliphatic carbocycles. The van der Waals surface area contributed by atoms with Gasteiger partial charge in [-0.1, -0.05) is 44.4 Å². The van der Waals surface area contributed by atoms with E-state index >= 15 is 0 Å². The van der Waals surface area contributed by atoms with Crippen molar-refractivity contribution in [3.8, 4) is 0 Å². The van der Waals surface area contributed by atoms with E-state index in [1.165, 1.54) is 48.4 Å². The number of unbranched alkanes of at least 4 members (excludes halogenated alkanes) is 3. The topological polar surface area (TPSA) is 13.1 Å². The summed E-state index contributed by atoms with van der Waals surface area (Å²) in [6.45, 7) is 2.25. The third kappa shape index (κ3) is 2.41. The van der Waals surface area contributed by atoms with Gasteiger partial charge in [0.15, 0.2) is 0 Å². The van der Waals surface area contributed by atoms with Gasteiger partial charge in [0.25, 0.3) is 0 Å². The van der Waals surface area contributed by atoms with Gasteiger partial charge in [0.2, 0.25) is 0 Å². The van der Waals surface area contributed by atoms with Crippen molar-refractivity contribution in [1.29, 1.82) is 0 Å². The fourth-order valence-electron chi connectivity index (χ4n) is 2.01. The number of fused-ring (bicyclic) bond motifs is 1. The summed E-state index contributed by atoms with van der Waals surface area (Å²) in [7, 11) is 0. The van der Waals surface area contributed by atoms with Crippen molar-refractivity contribution in [3.63, 3.8) is 0 Å². The van der Waals surface area contributed by atoms with Crippen LogP contribution in [0.15, 0.2) is 35.1 Å². The highest BCUT2D eigenvalue weighted by Crippen LogP contribution is 2.21. The van der Waals surface area contributed by atoms with Gasteiger partial charge in [-0.15, -0.1) is 0 Å². The SMILES string of the molecule is CCCCCCc1cccc2cocc12. The molecule has 0 saturated heterocycles. The third-order valence-electron chi connectivity index (χ3n) is 2.91. The number of benzene rings is 1. The van der Waals surface area contributed by atoms with Gasteiger partial charge in [0.1, 0.15) is 0 Å². The Morgan fingerprint density at radius 1 is 1.07 bits per heavy atom. The molecule has 15 heavy (non-hydrogen) atoms. The Balaban J connectivity index is 2.04. The van der Waals surface area contributed by atoms with Crippen LogP contribution in [0, 0.1) is 0 Å². The smallest absolute Gasteiger partial charge is 0.0984 e. The lowest BCUT2D eigenvalue weighted by molar-refractivity contribution is 0.572. The minimum absolute atomic E-state index is 1.18. The molecular weight excluding hydrogens is 184 g/mol. The normalized spacial score (nSPS) is 11.0. The fraction of sp³-hybridized carbons (Fsp3) is 0.429. The minimum atomic E-state index is 1.18. The Kier molecular flexibility index (Phi) is 3.44. The van der Waals surface area contributed by atoms with Crippen molar-refractivity contribution in [2.24, 2.45) is 0 Å². The quantitative estimate of drug-likeness (QED) is 0.648. The molecule has 0 aliphatic heterocycles. The highest BCUT2D eigenvalue weighted by atomic mass is 16.3. The monoisotopic (exact) mass is 202 g/mol. The van der Waals surface area contributed by atoms with Crippen LogP contribution in [0.5, 0.6) is 0 Å².